The molecule has 0 spiro atoms. The molecule has 1 saturated heterocycles. The van der Waals surface area contributed by atoms with Crippen LogP contribution >= 0.6 is 11.6 Å². The van der Waals surface area contributed by atoms with E-state index in [1.165, 1.54) is 16.2 Å². The predicted octanol–water partition coefficient (Wildman–Crippen LogP) is 1.99. The smallest absolute Gasteiger partial charge is 0.231 e. The summed E-state index contributed by atoms with van der Waals surface area (Å²) in [6, 6.07) is 9.61. The van der Waals surface area contributed by atoms with Gasteiger partial charge in [0.15, 0.2) is 11.5 Å². The Morgan fingerprint density at radius 3 is 2.60 bits per heavy atom. The third-order valence-electron chi connectivity index (χ3n) is 5.00. The van der Waals surface area contributed by atoms with E-state index in [2.05, 4.69) is 17.9 Å². The molecule has 1 fully saturated rings. The van der Waals surface area contributed by atoms with Gasteiger partial charge in [-0.1, -0.05) is 17.7 Å². The number of rotatable bonds is 3. The van der Waals surface area contributed by atoms with E-state index >= 15 is 0 Å². The molecule has 4 rings (SSSR count). The van der Waals surface area contributed by atoms with Crippen molar-refractivity contribution >= 4 is 17.3 Å². The highest BCUT2D eigenvalue weighted by atomic mass is 35.5. The van der Waals surface area contributed by atoms with Crippen molar-refractivity contribution in [3.8, 4) is 17.2 Å². The first-order valence-corrected chi connectivity index (χ1v) is 8.94. The van der Waals surface area contributed by atoms with Gasteiger partial charge in [0.1, 0.15) is 12.3 Å². The molecule has 0 aromatic heterocycles. The van der Waals surface area contributed by atoms with Crippen LogP contribution in [0.1, 0.15) is 11.1 Å². The number of nitrogens with one attached hydrogen (secondary N) is 1. The molecule has 0 unspecified atom stereocenters. The molecular formula is C19H22ClN2O3+. The third-order valence-corrected chi connectivity index (χ3v) is 5.23. The minimum Gasteiger partial charge on any atom is -0.507 e. The zero-order valence-corrected chi connectivity index (χ0v) is 15.0. The maximum atomic E-state index is 10.2. The number of nitrogens with zero attached hydrogens (tertiary/aromatic N) is 1. The second-order valence-corrected chi connectivity index (χ2v) is 7.12. The molecule has 0 amide bonds. The number of ether oxygens (including phenoxy) is 2. The van der Waals surface area contributed by atoms with E-state index in [0.717, 1.165) is 49.1 Å². The molecule has 2 aromatic carbocycles. The number of halogens is 1. The second kappa shape index (κ2) is 6.65. The van der Waals surface area contributed by atoms with Gasteiger partial charge in [-0.05, 0) is 30.7 Å². The summed E-state index contributed by atoms with van der Waals surface area (Å²) in [5.74, 6) is 1.63. The SMILES string of the molecule is Cc1ccc(Cl)cc1N1CC[NH+](Cc2cc3c(cc2O)OCO3)CC1. The van der Waals surface area contributed by atoms with Crippen molar-refractivity contribution in [1.29, 1.82) is 0 Å². The van der Waals surface area contributed by atoms with E-state index in [-0.39, 0.29) is 12.5 Å². The first-order chi connectivity index (χ1) is 12.1. The summed E-state index contributed by atoms with van der Waals surface area (Å²) < 4.78 is 10.7. The normalized spacial score (nSPS) is 17.1. The number of fused-ring (bicyclic) bond motifs is 1. The van der Waals surface area contributed by atoms with Crippen molar-refractivity contribution in [1.82, 2.24) is 0 Å². The highest BCUT2D eigenvalue weighted by Crippen LogP contribution is 2.37. The molecule has 0 aliphatic carbocycles. The number of hydrogen-bond acceptors (Lipinski definition) is 4. The van der Waals surface area contributed by atoms with Crippen molar-refractivity contribution in [3.05, 3.63) is 46.5 Å². The van der Waals surface area contributed by atoms with Gasteiger partial charge < -0.3 is 24.4 Å². The average molecular weight is 362 g/mol. The van der Waals surface area contributed by atoms with E-state index in [1.807, 2.05) is 18.2 Å². The number of quaternary nitrogens is 1. The Hall–Kier alpha value is -2.11. The quantitative estimate of drug-likeness (QED) is 0.877. The van der Waals surface area contributed by atoms with Gasteiger partial charge >= 0.3 is 0 Å². The molecule has 5 nitrogen and oxygen atoms in total. The van der Waals surface area contributed by atoms with E-state index in [4.69, 9.17) is 21.1 Å². The second-order valence-electron chi connectivity index (χ2n) is 6.68. The number of phenolic OH excluding ortho intramolecular Hbond substituents is 1. The van der Waals surface area contributed by atoms with Gasteiger partial charge in [-0.3, -0.25) is 0 Å². The first-order valence-electron chi connectivity index (χ1n) is 8.56. The number of phenols is 1. The molecule has 0 saturated carbocycles. The van der Waals surface area contributed by atoms with Gasteiger partial charge in [-0.25, -0.2) is 0 Å². The Kier molecular flexibility index (Phi) is 4.36. The van der Waals surface area contributed by atoms with Crippen LogP contribution in [0.3, 0.4) is 0 Å². The molecular weight excluding hydrogens is 340 g/mol. The Bertz CT molecular complexity index is 788. The summed E-state index contributed by atoms with van der Waals surface area (Å²) in [6.45, 7) is 7.10. The van der Waals surface area contributed by atoms with Crippen LogP contribution < -0.4 is 19.3 Å². The zero-order chi connectivity index (χ0) is 17.4. The molecule has 2 aliphatic rings. The molecule has 2 aliphatic heterocycles. The van der Waals surface area contributed by atoms with E-state index in [0.29, 0.717) is 5.75 Å². The summed E-state index contributed by atoms with van der Waals surface area (Å²) in [5.41, 5.74) is 3.38. The van der Waals surface area contributed by atoms with Crippen LogP contribution in [-0.2, 0) is 6.54 Å². The molecule has 0 radical (unpaired) electrons. The fraction of sp³-hybridized carbons (Fsp3) is 0.368. The van der Waals surface area contributed by atoms with Crippen molar-refractivity contribution in [2.24, 2.45) is 0 Å². The predicted molar refractivity (Wildman–Crippen MR) is 97.0 cm³/mol. The van der Waals surface area contributed by atoms with E-state index in [9.17, 15) is 5.11 Å². The summed E-state index contributed by atoms with van der Waals surface area (Å²) in [6.07, 6.45) is 0. The molecule has 132 valence electrons. The molecule has 2 heterocycles. The van der Waals surface area contributed by atoms with Crippen molar-refractivity contribution in [2.45, 2.75) is 13.5 Å². The van der Waals surface area contributed by atoms with Crippen molar-refractivity contribution in [2.75, 3.05) is 37.9 Å². The van der Waals surface area contributed by atoms with Crippen LogP contribution in [0.4, 0.5) is 5.69 Å². The maximum Gasteiger partial charge on any atom is 0.231 e. The number of hydrogen-bond donors (Lipinski definition) is 2. The molecule has 6 heteroatoms. The van der Waals surface area contributed by atoms with Crippen molar-refractivity contribution in [3.63, 3.8) is 0 Å². The molecule has 25 heavy (non-hydrogen) atoms. The van der Waals surface area contributed by atoms with Gasteiger partial charge in [0.2, 0.25) is 6.79 Å². The highest BCUT2D eigenvalue weighted by molar-refractivity contribution is 6.30. The van der Waals surface area contributed by atoms with E-state index in [1.54, 1.807) is 6.07 Å². The Balaban J connectivity index is 1.42. The Morgan fingerprint density at radius 2 is 1.84 bits per heavy atom. The van der Waals surface area contributed by atoms with Gasteiger partial charge in [0.05, 0.1) is 31.7 Å². The Morgan fingerprint density at radius 1 is 1.12 bits per heavy atom. The van der Waals surface area contributed by atoms with Crippen LogP contribution in [0, 0.1) is 6.92 Å². The minimum atomic E-state index is 0.225. The topological polar surface area (TPSA) is 46.4 Å². The summed E-state index contributed by atoms with van der Waals surface area (Å²) in [7, 11) is 0. The minimum absolute atomic E-state index is 0.225. The molecule has 0 bridgehead atoms. The van der Waals surface area contributed by atoms with Crippen LogP contribution in [0.25, 0.3) is 0 Å². The summed E-state index contributed by atoms with van der Waals surface area (Å²) >= 11 is 6.15. The fourth-order valence-electron chi connectivity index (χ4n) is 3.55. The van der Waals surface area contributed by atoms with Crippen LogP contribution in [0.2, 0.25) is 5.02 Å². The number of aromatic hydroxyl groups is 1. The zero-order valence-electron chi connectivity index (χ0n) is 14.2. The lowest BCUT2D eigenvalue weighted by atomic mass is 10.1. The average Bonchev–Trinajstić information content (AvgIpc) is 3.05. The lowest BCUT2D eigenvalue weighted by molar-refractivity contribution is -0.914. The monoisotopic (exact) mass is 361 g/mol. The maximum absolute atomic E-state index is 10.2. The van der Waals surface area contributed by atoms with Gasteiger partial charge in [-0.15, -0.1) is 0 Å². The van der Waals surface area contributed by atoms with Gasteiger partial charge in [0, 0.05) is 16.8 Å². The van der Waals surface area contributed by atoms with Gasteiger partial charge in [-0.2, -0.15) is 0 Å². The molecule has 2 aromatic rings. The van der Waals surface area contributed by atoms with Crippen LogP contribution in [-0.4, -0.2) is 38.1 Å². The molecule has 0 atom stereocenters. The highest BCUT2D eigenvalue weighted by Gasteiger charge is 2.24. The lowest BCUT2D eigenvalue weighted by Crippen LogP contribution is -3.13. The third kappa shape index (κ3) is 3.34. The van der Waals surface area contributed by atoms with Crippen LogP contribution in [0.15, 0.2) is 30.3 Å². The van der Waals surface area contributed by atoms with Crippen molar-refractivity contribution < 1.29 is 19.5 Å². The van der Waals surface area contributed by atoms with E-state index < -0.39 is 0 Å². The first kappa shape index (κ1) is 16.4. The van der Waals surface area contributed by atoms with Gasteiger partial charge in [0.25, 0.3) is 0 Å². The fourth-order valence-corrected chi connectivity index (χ4v) is 3.71. The lowest BCUT2D eigenvalue weighted by Gasteiger charge is -2.34. The number of benzene rings is 2. The summed E-state index contributed by atoms with van der Waals surface area (Å²) in [4.78, 5) is 3.84. The standard InChI is InChI=1S/C19H21ClN2O3/c1-13-2-3-15(20)9-16(13)22-6-4-21(5-7-22)11-14-8-18-19(10-17(14)23)25-12-24-18/h2-3,8-10,23H,4-7,11-12H2,1H3/p+1. The number of aryl methyl sites for hydroxylation is 1. The number of anilines is 1. The Labute approximate surface area is 152 Å². The largest absolute Gasteiger partial charge is 0.507 e. The number of piperazine rings is 1. The molecule has 2 N–H and O–H groups in total. The van der Waals surface area contributed by atoms with Crippen LogP contribution in [0.5, 0.6) is 17.2 Å². The summed E-state index contributed by atoms with van der Waals surface area (Å²) in [5, 5.41) is 11.0.